The van der Waals surface area contributed by atoms with E-state index in [2.05, 4.69) is 30.0 Å². The summed E-state index contributed by atoms with van der Waals surface area (Å²) in [6.07, 6.45) is -1.57. The molecule has 5 rings (SSSR count). The summed E-state index contributed by atoms with van der Waals surface area (Å²) >= 11 is 0. The molecule has 1 aliphatic heterocycles. The Morgan fingerprint density at radius 3 is 2.76 bits per heavy atom. The molecular weight excluding hydrogens is 462 g/mol. The number of rotatable bonds is 4. The SMILES string of the molecule is CC(C)(F)c1nnc(C(=O)N2CCc3[nH]cnc3[C@H]2c2cc3c(OC(F)(F)F)cccn3n2)o1. The molecule has 1 aliphatic rings. The van der Waals surface area contributed by atoms with Gasteiger partial charge < -0.3 is 19.0 Å². The lowest BCUT2D eigenvalue weighted by atomic mass is 9.99. The summed E-state index contributed by atoms with van der Waals surface area (Å²) < 4.78 is 63.3. The monoisotopic (exact) mass is 479 g/mol. The number of halogens is 4. The molecule has 0 spiro atoms. The Balaban J connectivity index is 1.58. The van der Waals surface area contributed by atoms with Crippen molar-refractivity contribution in [1.82, 2.24) is 34.7 Å². The normalized spacial score (nSPS) is 16.6. The van der Waals surface area contributed by atoms with Crippen LogP contribution < -0.4 is 4.74 Å². The number of aromatic amines is 1. The van der Waals surface area contributed by atoms with Crippen molar-refractivity contribution in [3.8, 4) is 5.75 Å². The van der Waals surface area contributed by atoms with E-state index < -0.39 is 35.6 Å². The van der Waals surface area contributed by atoms with Gasteiger partial charge in [-0.3, -0.25) is 4.79 Å². The van der Waals surface area contributed by atoms with Crippen LogP contribution in [0.4, 0.5) is 17.6 Å². The molecule has 14 heteroatoms. The molecule has 0 unspecified atom stereocenters. The lowest BCUT2D eigenvalue weighted by Gasteiger charge is -2.32. The Hall–Kier alpha value is -3.97. The smallest absolute Gasteiger partial charge is 0.413 e. The van der Waals surface area contributed by atoms with E-state index in [0.29, 0.717) is 12.1 Å². The summed E-state index contributed by atoms with van der Waals surface area (Å²) in [7, 11) is 0. The van der Waals surface area contributed by atoms with E-state index in [1.807, 2.05) is 0 Å². The molecule has 0 saturated carbocycles. The van der Waals surface area contributed by atoms with Crippen molar-refractivity contribution < 1.29 is 31.5 Å². The van der Waals surface area contributed by atoms with Gasteiger partial charge in [0.25, 0.3) is 5.89 Å². The number of fused-ring (bicyclic) bond motifs is 2. The fourth-order valence-corrected chi connectivity index (χ4v) is 3.82. The third kappa shape index (κ3) is 3.84. The first-order chi connectivity index (χ1) is 16.0. The Kier molecular flexibility index (Phi) is 4.84. The van der Waals surface area contributed by atoms with Gasteiger partial charge in [0.15, 0.2) is 11.4 Å². The first-order valence-corrected chi connectivity index (χ1v) is 10.1. The number of hydrogen-bond donors (Lipinski definition) is 1. The van der Waals surface area contributed by atoms with Crippen molar-refractivity contribution in [3.05, 3.63) is 59.6 Å². The number of hydrogen-bond acceptors (Lipinski definition) is 7. The molecule has 0 aromatic carbocycles. The number of alkyl halides is 4. The minimum absolute atomic E-state index is 0.0455. The number of pyridine rings is 1. The molecule has 1 atom stereocenters. The van der Waals surface area contributed by atoms with Crippen molar-refractivity contribution in [2.24, 2.45) is 0 Å². The Morgan fingerprint density at radius 2 is 2.06 bits per heavy atom. The predicted octanol–water partition coefficient (Wildman–Crippen LogP) is 3.33. The zero-order valence-electron chi connectivity index (χ0n) is 17.8. The lowest BCUT2D eigenvalue weighted by Crippen LogP contribution is -2.41. The third-order valence-corrected chi connectivity index (χ3v) is 5.29. The van der Waals surface area contributed by atoms with Gasteiger partial charge in [-0.05, 0) is 32.0 Å². The Morgan fingerprint density at radius 1 is 1.26 bits per heavy atom. The zero-order chi connectivity index (χ0) is 24.3. The molecule has 0 saturated heterocycles. The summed E-state index contributed by atoms with van der Waals surface area (Å²) in [5.74, 6) is -1.91. The van der Waals surface area contributed by atoms with E-state index in [1.165, 1.54) is 47.9 Å². The van der Waals surface area contributed by atoms with E-state index >= 15 is 0 Å². The highest BCUT2D eigenvalue weighted by atomic mass is 19.4. The van der Waals surface area contributed by atoms with Crippen LogP contribution in [0, 0.1) is 0 Å². The molecule has 0 radical (unpaired) electrons. The van der Waals surface area contributed by atoms with E-state index in [1.54, 1.807) is 0 Å². The number of ether oxygens (including phenoxy) is 1. The summed E-state index contributed by atoms with van der Waals surface area (Å²) in [4.78, 5) is 21.9. The Bertz CT molecular complexity index is 1370. The van der Waals surface area contributed by atoms with Gasteiger partial charge in [-0.25, -0.2) is 13.9 Å². The van der Waals surface area contributed by atoms with E-state index in [9.17, 15) is 22.4 Å². The molecule has 4 aromatic rings. The third-order valence-electron chi connectivity index (χ3n) is 5.29. The first-order valence-electron chi connectivity index (χ1n) is 10.1. The summed E-state index contributed by atoms with van der Waals surface area (Å²) in [5, 5.41) is 11.7. The quantitative estimate of drug-likeness (QED) is 0.447. The van der Waals surface area contributed by atoms with Gasteiger partial charge in [-0.15, -0.1) is 23.4 Å². The summed E-state index contributed by atoms with van der Waals surface area (Å²) in [6.45, 7) is 2.62. The molecule has 10 nitrogen and oxygen atoms in total. The van der Waals surface area contributed by atoms with Crippen molar-refractivity contribution in [1.29, 1.82) is 0 Å². The van der Waals surface area contributed by atoms with Crippen molar-refractivity contribution in [2.75, 3.05) is 6.54 Å². The Labute approximate surface area is 188 Å². The van der Waals surface area contributed by atoms with Gasteiger partial charge in [0.05, 0.1) is 17.7 Å². The number of H-pyrrole nitrogens is 1. The van der Waals surface area contributed by atoms with E-state index in [0.717, 1.165) is 11.8 Å². The van der Waals surface area contributed by atoms with Crippen LogP contribution in [0.1, 0.15) is 53.5 Å². The van der Waals surface area contributed by atoms with Crippen LogP contribution in [0.2, 0.25) is 0 Å². The average molecular weight is 479 g/mol. The van der Waals surface area contributed by atoms with Crippen LogP contribution in [0.15, 0.2) is 35.1 Å². The summed E-state index contributed by atoms with van der Waals surface area (Å²) in [6, 6.07) is 3.03. The maximum atomic E-state index is 14.2. The van der Waals surface area contributed by atoms with Gasteiger partial charge in [-0.2, -0.15) is 5.10 Å². The van der Waals surface area contributed by atoms with Crippen LogP contribution >= 0.6 is 0 Å². The number of carbonyl (C=O) groups is 1. The first kappa shape index (κ1) is 21.9. The molecule has 4 aromatic heterocycles. The molecule has 0 aliphatic carbocycles. The van der Waals surface area contributed by atoms with Gasteiger partial charge in [0.2, 0.25) is 0 Å². The number of carbonyl (C=O) groups excluding carboxylic acids is 1. The van der Waals surface area contributed by atoms with Crippen LogP contribution in [0.3, 0.4) is 0 Å². The van der Waals surface area contributed by atoms with Gasteiger partial charge in [0.1, 0.15) is 11.6 Å². The predicted molar refractivity (Wildman–Crippen MR) is 105 cm³/mol. The molecular formula is C20H17F4N7O3. The molecule has 1 amide bonds. The van der Waals surface area contributed by atoms with Crippen molar-refractivity contribution in [2.45, 2.75) is 38.3 Å². The number of aromatic nitrogens is 6. The standard InChI is InChI=1S/C20H17F4N7O3/c1-19(2,21)18-28-27-16(33-18)17(32)30-7-5-10-14(26-9-25-10)15(30)11-8-12-13(34-20(22,23)24)4-3-6-31(12)29-11/h3-4,6,8-9,15H,5,7H2,1-2H3,(H,25,26)/t15-/m1/s1. The number of nitrogens with one attached hydrogen (secondary N) is 1. The maximum absolute atomic E-state index is 14.2. The zero-order valence-corrected chi connectivity index (χ0v) is 17.8. The fourth-order valence-electron chi connectivity index (χ4n) is 3.82. The second kappa shape index (κ2) is 7.53. The van der Waals surface area contributed by atoms with Crippen molar-refractivity contribution >= 4 is 11.4 Å². The van der Waals surface area contributed by atoms with E-state index in [4.69, 9.17) is 4.42 Å². The molecule has 1 N–H and O–H groups in total. The number of nitrogens with zero attached hydrogens (tertiary/aromatic N) is 6. The fraction of sp³-hybridized carbons (Fsp3) is 0.350. The van der Waals surface area contributed by atoms with Crippen LogP contribution in [-0.2, 0) is 12.1 Å². The number of imidazole rings is 1. The van der Waals surface area contributed by atoms with E-state index in [-0.39, 0.29) is 23.6 Å². The molecule has 178 valence electrons. The molecule has 0 fully saturated rings. The highest BCUT2D eigenvalue weighted by Crippen LogP contribution is 2.36. The number of amides is 1. The van der Waals surface area contributed by atoms with Crippen molar-refractivity contribution in [3.63, 3.8) is 0 Å². The van der Waals surface area contributed by atoms with Crippen LogP contribution in [0.25, 0.3) is 5.52 Å². The topological polar surface area (TPSA) is 114 Å². The maximum Gasteiger partial charge on any atom is 0.573 e. The highest BCUT2D eigenvalue weighted by molar-refractivity contribution is 5.90. The highest BCUT2D eigenvalue weighted by Gasteiger charge is 2.39. The summed E-state index contributed by atoms with van der Waals surface area (Å²) in [5.41, 5.74) is -0.450. The van der Waals surface area contributed by atoms with Gasteiger partial charge >= 0.3 is 18.2 Å². The van der Waals surface area contributed by atoms with Crippen LogP contribution in [-0.4, -0.2) is 53.5 Å². The average Bonchev–Trinajstić information content (AvgIpc) is 3.49. The van der Waals surface area contributed by atoms with Gasteiger partial charge in [0, 0.05) is 24.9 Å². The second-order valence-corrected chi connectivity index (χ2v) is 8.12. The minimum Gasteiger partial charge on any atom is -0.413 e. The molecule has 5 heterocycles. The second-order valence-electron chi connectivity index (χ2n) is 8.12. The molecule has 0 bridgehead atoms. The molecule has 34 heavy (non-hydrogen) atoms. The van der Waals surface area contributed by atoms with Crippen LogP contribution in [0.5, 0.6) is 5.75 Å². The largest absolute Gasteiger partial charge is 0.573 e. The minimum atomic E-state index is -4.89. The lowest BCUT2D eigenvalue weighted by molar-refractivity contribution is -0.274. The van der Waals surface area contributed by atoms with Gasteiger partial charge in [-0.1, -0.05) is 0 Å².